The molecule has 92 valence electrons. The lowest BCUT2D eigenvalue weighted by molar-refractivity contribution is 0.0984. The fourth-order valence-corrected chi connectivity index (χ4v) is 1.69. The highest BCUT2D eigenvalue weighted by atomic mass is 19.1. The van der Waals surface area contributed by atoms with Crippen LogP contribution in [-0.4, -0.2) is 10.8 Å². The molecule has 0 atom stereocenters. The Hall–Kier alpha value is -2.10. The van der Waals surface area contributed by atoms with Crippen LogP contribution in [0.25, 0.3) is 0 Å². The molecule has 18 heavy (non-hydrogen) atoms. The van der Waals surface area contributed by atoms with Crippen molar-refractivity contribution in [2.75, 3.05) is 0 Å². The highest BCUT2D eigenvalue weighted by Gasteiger charge is 2.19. The van der Waals surface area contributed by atoms with E-state index in [9.17, 15) is 13.6 Å². The maximum atomic E-state index is 13.7. The van der Waals surface area contributed by atoms with Crippen molar-refractivity contribution >= 4 is 5.78 Å². The average molecular weight is 247 g/mol. The molecule has 0 aliphatic heterocycles. The molecule has 2 rings (SSSR count). The van der Waals surface area contributed by atoms with Crippen molar-refractivity contribution < 1.29 is 13.6 Å². The molecule has 0 N–H and O–H groups in total. The van der Waals surface area contributed by atoms with Gasteiger partial charge in [0, 0.05) is 18.8 Å². The maximum absolute atomic E-state index is 13.7. The van der Waals surface area contributed by atoms with Gasteiger partial charge < -0.3 is 0 Å². The lowest BCUT2D eigenvalue weighted by Crippen LogP contribution is -2.10. The van der Waals surface area contributed by atoms with E-state index in [4.69, 9.17) is 0 Å². The normalized spacial score (nSPS) is 10.4. The Morgan fingerprint density at radius 3 is 2.50 bits per heavy atom. The summed E-state index contributed by atoms with van der Waals surface area (Å²) in [7, 11) is 0. The molecule has 0 spiro atoms. The van der Waals surface area contributed by atoms with Crippen LogP contribution in [0, 0.1) is 18.6 Å². The van der Waals surface area contributed by atoms with Crippen LogP contribution in [0.3, 0.4) is 0 Å². The molecular formula is C14H11F2NO. The SMILES string of the molecule is Cc1ccc(F)c(C(=O)Cc2ccncc2)c1F. The van der Waals surface area contributed by atoms with Crippen LogP contribution in [0.5, 0.6) is 0 Å². The molecule has 0 saturated carbocycles. The lowest BCUT2D eigenvalue weighted by Gasteiger charge is -2.06. The number of carbonyl (C=O) groups is 1. The summed E-state index contributed by atoms with van der Waals surface area (Å²) in [5.41, 5.74) is 0.469. The van der Waals surface area contributed by atoms with Crippen LogP contribution < -0.4 is 0 Å². The third-order valence-electron chi connectivity index (χ3n) is 2.68. The molecule has 0 fully saturated rings. The van der Waals surface area contributed by atoms with E-state index < -0.39 is 23.0 Å². The van der Waals surface area contributed by atoms with Gasteiger partial charge >= 0.3 is 0 Å². The monoisotopic (exact) mass is 247 g/mol. The number of aromatic nitrogens is 1. The molecular weight excluding hydrogens is 236 g/mol. The zero-order valence-corrected chi connectivity index (χ0v) is 9.78. The van der Waals surface area contributed by atoms with Gasteiger partial charge in [-0.2, -0.15) is 0 Å². The van der Waals surface area contributed by atoms with E-state index >= 15 is 0 Å². The molecule has 4 heteroatoms. The molecule has 0 radical (unpaired) electrons. The summed E-state index contributed by atoms with van der Waals surface area (Å²) < 4.78 is 27.3. The first-order valence-electron chi connectivity index (χ1n) is 5.46. The highest BCUT2D eigenvalue weighted by molar-refractivity contribution is 5.98. The number of aryl methyl sites for hydroxylation is 1. The smallest absolute Gasteiger partial charge is 0.173 e. The number of nitrogens with zero attached hydrogens (tertiary/aromatic N) is 1. The topological polar surface area (TPSA) is 30.0 Å². The molecule has 1 heterocycles. The number of hydrogen-bond donors (Lipinski definition) is 0. The van der Waals surface area contributed by atoms with Crippen molar-refractivity contribution in [2.24, 2.45) is 0 Å². The number of benzene rings is 1. The second-order valence-electron chi connectivity index (χ2n) is 4.01. The van der Waals surface area contributed by atoms with Crippen molar-refractivity contribution in [2.45, 2.75) is 13.3 Å². The minimum atomic E-state index is -0.822. The van der Waals surface area contributed by atoms with Gasteiger partial charge in [-0.15, -0.1) is 0 Å². The number of hydrogen-bond acceptors (Lipinski definition) is 2. The Kier molecular flexibility index (Phi) is 3.46. The van der Waals surface area contributed by atoms with Crippen LogP contribution in [0.4, 0.5) is 8.78 Å². The number of ketones is 1. The van der Waals surface area contributed by atoms with Gasteiger partial charge in [0.1, 0.15) is 11.6 Å². The van der Waals surface area contributed by atoms with Crippen LogP contribution >= 0.6 is 0 Å². The van der Waals surface area contributed by atoms with Crippen LogP contribution in [0.15, 0.2) is 36.7 Å². The van der Waals surface area contributed by atoms with E-state index in [1.165, 1.54) is 25.4 Å². The number of halogens is 2. The summed E-state index contributed by atoms with van der Waals surface area (Å²) in [6.07, 6.45) is 3.02. The molecule has 1 aromatic carbocycles. The summed E-state index contributed by atoms with van der Waals surface area (Å²) in [5, 5.41) is 0. The standard InChI is InChI=1S/C14H11F2NO/c1-9-2-3-11(15)13(14(9)16)12(18)8-10-4-6-17-7-5-10/h2-7H,8H2,1H3. The first-order valence-corrected chi connectivity index (χ1v) is 5.46. The second kappa shape index (κ2) is 5.04. The van der Waals surface area contributed by atoms with Gasteiger partial charge in [0.2, 0.25) is 0 Å². The predicted molar refractivity (Wildman–Crippen MR) is 63.4 cm³/mol. The van der Waals surface area contributed by atoms with Crippen LogP contribution in [0.1, 0.15) is 21.5 Å². The summed E-state index contributed by atoms with van der Waals surface area (Å²) in [6.45, 7) is 1.50. The zero-order chi connectivity index (χ0) is 13.1. The average Bonchev–Trinajstić information content (AvgIpc) is 2.36. The van der Waals surface area contributed by atoms with E-state index in [2.05, 4.69) is 4.98 Å². The van der Waals surface area contributed by atoms with Gasteiger partial charge in [0.05, 0.1) is 5.56 Å². The Morgan fingerprint density at radius 2 is 1.83 bits per heavy atom. The van der Waals surface area contributed by atoms with Crippen molar-refractivity contribution in [3.05, 3.63) is 65.0 Å². The van der Waals surface area contributed by atoms with Crippen molar-refractivity contribution in [1.29, 1.82) is 0 Å². The summed E-state index contributed by atoms with van der Waals surface area (Å²) in [5.74, 6) is -2.17. The number of Topliss-reactive ketones (excluding diaryl/α,β-unsaturated/α-hetero) is 1. The van der Waals surface area contributed by atoms with Gasteiger partial charge in [-0.25, -0.2) is 8.78 Å². The van der Waals surface area contributed by atoms with E-state index in [-0.39, 0.29) is 12.0 Å². The molecule has 0 bridgehead atoms. The van der Waals surface area contributed by atoms with E-state index in [1.807, 2.05) is 0 Å². The first kappa shape index (κ1) is 12.4. The maximum Gasteiger partial charge on any atom is 0.173 e. The summed E-state index contributed by atoms with van der Waals surface area (Å²) in [4.78, 5) is 15.7. The molecule has 2 nitrogen and oxygen atoms in total. The fourth-order valence-electron chi connectivity index (χ4n) is 1.69. The predicted octanol–water partition coefficient (Wildman–Crippen LogP) is 3.09. The van der Waals surface area contributed by atoms with Crippen LogP contribution in [-0.2, 0) is 6.42 Å². The third-order valence-corrected chi connectivity index (χ3v) is 2.68. The Labute approximate surface area is 103 Å². The summed E-state index contributed by atoms with van der Waals surface area (Å²) >= 11 is 0. The Morgan fingerprint density at radius 1 is 1.17 bits per heavy atom. The van der Waals surface area contributed by atoms with Crippen molar-refractivity contribution in [1.82, 2.24) is 4.98 Å². The molecule has 0 amide bonds. The largest absolute Gasteiger partial charge is 0.294 e. The molecule has 1 aromatic heterocycles. The molecule has 2 aromatic rings. The van der Waals surface area contributed by atoms with E-state index in [0.29, 0.717) is 5.56 Å². The quantitative estimate of drug-likeness (QED) is 0.780. The van der Waals surface area contributed by atoms with Crippen LogP contribution in [0.2, 0.25) is 0 Å². The molecule has 0 unspecified atom stereocenters. The third kappa shape index (κ3) is 2.42. The van der Waals surface area contributed by atoms with Crippen molar-refractivity contribution in [3.8, 4) is 0 Å². The lowest BCUT2D eigenvalue weighted by atomic mass is 10.0. The first-order chi connectivity index (χ1) is 8.59. The molecule has 0 saturated heterocycles. The Bertz CT molecular complexity index is 582. The highest BCUT2D eigenvalue weighted by Crippen LogP contribution is 2.18. The minimum Gasteiger partial charge on any atom is -0.294 e. The van der Waals surface area contributed by atoms with Gasteiger partial charge in [0.25, 0.3) is 0 Å². The van der Waals surface area contributed by atoms with Gasteiger partial charge in [-0.3, -0.25) is 9.78 Å². The minimum absolute atomic E-state index is 0.0419. The number of rotatable bonds is 3. The molecule has 0 aliphatic carbocycles. The van der Waals surface area contributed by atoms with Gasteiger partial charge in [-0.1, -0.05) is 6.07 Å². The second-order valence-corrected chi connectivity index (χ2v) is 4.01. The summed E-state index contributed by atoms with van der Waals surface area (Å²) in [6, 6.07) is 5.71. The molecule has 0 aliphatic rings. The fraction of sp³-hybridized carbons (Fsp3) is 0.143. The van der Waals surface area contributed by atoms with Gasteiger partial charge in [-0.05, 0) is 36.2 Å². The zero-order valence-electron chi connectivity index (χ0n) is 9.78. The van der Waals surface area contributed by atoms with Crippen molar-refractivity contribution in [3.63, 3.8) is 0 Å². The van der Waals surface area contributed by atoms with E-state index in [1.54, 1.807) is 12.1 Å². The van der Waals surface area contributed by atoms with Gasteiger partial charge in [0.15, 0.2) is 5.78 Å². The number of pyridine rings is 1. The van der Waals surface area contributed by atoms with E-state index in [0.717, 1.165) is 6.07 Å². The number of carbonyl (C=O) groups excluding carboxylic acids is 1. The Balaban J connectivity index is 2.33.